The summed E-state index contributed by atoms with van der Waals surface area (Å²) in [5, 5.41) is 11.1. The second-order valence-electron chi connectivity index (χ2n) is 5.93. The summed E-state index contributed by atoms with van der Waals surface area (Å²) >= 11 is 0. The number of Topliss-reactive ketones (excluding diaryl/α,β-unsaturated/α-hetero) is 1. The van der Waals surface area contributed by atoms with E-state index in [4.69, 9.17) is 0 Å². The molecule has 0 fully saturated rings. The lowest BCUT2D eigenvalue weighted by atomic mass is 9.90. The van der Waals surface area contributed by atoms with Gasteiger partial charge >= 0.3 is 0 Å². The van der Waals surface area contributed by atoms with Crippen molar-refractivity contribution in [3.8, 4) is 0 Å². The zero-order valence-electron chi connectivity index (χ0n) is 14.2. The van der Waals surface area contributed by atoms with Crippen LogP contribution in [-0.2, 0) is 6.42 Å². The molecule has 1 atom stereocenters. The van der Waals surface area contributed by atoms with Gasteiger partial charge in [0.05, 0.1) is 4.92 Å². The molecule has 26 heavy (non-hydrogen) atoms. The second-order valence-corrected chi connectivity index (χ2v) is 5.93. The smallest absolute Gasteiger partial charge is 0.269 e. The van der Waals surface area contributed by atoms with Crippen LogP contribution < -0.4 is 0 Å². The summed E-state index contributed by atoms with van der Waals surface area (Å²) in [4.78, 5) is 31.3. The van der Waals surface area contributed by atoms with Gasteiger partial charge in [0, 0.05) is 49.0 Å². The fraction of sp³-hybridized carbons (Fsp3) is 0.150. The highest BCUT2D eigenvalue weighted by Crippen LogP contribution is 2.29. The number of hydrogen-bond donors (Lipinski definition) is 0. The molecule has 0 spiro atoms. The molecule has 0 radical (unpaired) electrons. The van der Waals surface area contributed by atoms with Crippen molar-refractivity contribution in [2.75, 3.05) is 0 Å². The molecule has 2 heterocycles. The van der Waals surface area contributed by atoms with Crippen molar-refractivity contribution in [1.29, 1.82) is 0 Å². The number of ketones is 1. The highest BCUT2D eigenvalue weighted by atomic mass is 16.6. The number of carbonyl (C=O) groups excluding carboxylic acids is 1. The van der Waals surface area contributed by atoms with E-state index in [9.17, 15) is 14.9 Å². The largest absolute Gasteiger partial charge is 0.293 e. The molecule has 6 nitrogen and oxygen atoms in total. The van der Waals surface area contributed by atoms with Gasteiger partial charge in [0.1, 0.15) is 5.69 Å². The van der Waals surface area contributed by atoms with Crippen molar-refractivity contribution in [3.63, 3.8) is 0 Å². The molecule has 0 aliphatic heterocycles. The van der Waals surface area contributed by atoms with Crippen LogP contribution >= 0.6 is 0 Å². The first-order valence-corrected chi connectivity index (χ1v) is 8.17. The van der Waals surface area contributed by atoms with Crippen LogP contribution in [-0.4, -0.2) is 20.7 Å². The van der Waals surface area contributed by atoms with E-state index < -0.39 is 4.92 Å². The first kappa shape index (κ1) is 17.4. The molecule has 1 aromatic carbocycles. The van der Waals surface area contributed by atoms with Crippen LogP contribution in [0.2, 0.25) is 0 Å². The van der Waals surface area contributed by atoms with E-state index in [0.717, 1.165) is 11.3 Å². The van der Waals surface area contributed by atoms with Gasteiger partial charge in [0.2, 0.25) is 0 Å². The summed E-state index contributed by atoms with van der Waals surface area (Å²) in [7, 11) is 0. The average Bonchev–Trinajstić information content (AvgIpc) is 2.67. The van der Waals surface area contributed by atoms with E-state index in [1.54, 1.807) is 30.5 Å². The Morgan fingerprint density at radius 1 is 1.12 bits per heavy atom. The molecule has 6 heteroatoms. The van der Waals surface area contributed by atoms with Crippen LogP contribution in [0.15, 0.2) is 66.9 Å². The van der Waals surface area contributed by atoms with E-state index in [0.29, 0.717) is 17.8 Å². The van der Waals surface area contributed by atoms with Gasteiger partial charge in [0.15, 0.2) is 5.78 Å². The second kappa shape index (κ2) is 7.65. The first-order chi connectivity index (χ1) is 12.5. The molecule has 0 saturated carbocycles. The Hall–Kier alpha value is -3.41. The van der Waals surface area contributed by atoms with Crippen molar-refractivity contribution in [1.82, 2.24) is 9.97 Å². The number of nitrogens with zero attached hydrogens (tertiary/aromatic N) is 3. The highest BCUT2D eigenvalue weighted by molar-refractivity contribution is 5.92. The minimum absolute atomic E-state index is 0.0243. The summed E-state index contributed by atoms with van der Waals surface area (Å²) in [6.45, 7) is 1.47. The van der Waals surface area contributed by atoms with Gasteiger partial charge in [-0.05, 0) is 29.8 Å². The lowest BCUT2D eigenvalue weighted by molar-refractivity contribution is -0.384. The van der Waals surface area contributed by atoms with Gasteiger partial charge in [-0.25, -0.2) is 4.98 Å². The molecule has 3 rings (SSSR count). The molecule has 0 amide bonds. The Morgan fingerprint density at radius 3 is 2.62 bits per heavy atom. The number of benzene rings is 1. The predicted molar refractivity (Wildman–Crippen MR) is 97.1 cm³/mol. The molecule has 0 aliphatic carbocycles. The summed E-state index contributed by atoms with van der Waals surface area (Å²) in [6, 6.07) is 17.4. The van der Waals surface area contributed by atoms with Crippen LogP contribution in [0.25, 0.3) is 0 Å². The van der Waals surface area contributed by atoms with E-state index in [1.165, 1.54) is 13.0 Å². The maximum Gasteiger partial charge on any atom is 0.269 e. The van der Waals surface area contributed by atoms with E-state index in [1.807, 2.05) is 30.3 Å². The monoisotopic (exact) mass is 347 g/mol. The van der Waals surface area contributed by atoms with Crippen molar-refractivity contribution in [3.05, 3.63) is 99.6 Å². The number of rotatable bonds is 6. The standard InChI is InChI=1S/C20H17N3O3/c1-14(24)19-9-5-10-20(22-19)18(13-16-7-2-3-11-21-16)15-6-4-8-17(12-15)23(25)26/h2-12,18H,13H2,1H3. The third-order valence-electron chi connectivity index (χ3n) is 4.11. The van der Waals surface area contributed by atoms with Gasteiger partial charge in [-0.3, -0.25) is 19.9 Å². The Morgan fingerprint density at radius 2 is 1.92 bits per heavy atom. The summed E-state index contributed by atoms with van der Waals surface area (Å²) in [5.74, 6) is -0.369. The third-order valence-corrected chi connectivity index (χ3v) is 4.11. The number of nitro benzene ring substituents is 1. The van der Waals surface area contributed by atoms with Gasteiger partial charge in [-0.15, -0.1) is 0 Å². The number of aromatic nitrogens is 2. The van der Waals surface area contributed by atoms with Crippen molar-refractivity contribution in [2.24, 2.45) is 0 Å². The topological polar surface area (TPSA) is 86.0 Å². The molecular formula is C20H17N3O3. The first-order valence-electron chi connectivity index (χ1n) is 8.17. The van der Waals surface area contributed by atoms with E-state index in [-0.39, 0.29) is 17.4 Å². The molecular weight excluding hydrogens is 330 g/mol. The highest BCUT2D eigenvalue weighted by Gasteiger charge is 2.20. The Labute approximate surface area is 150 Å². The molecule has 2 aromatic heterocycles. The minimum atomic E-state index is -0.416. The van der Waals surface area contributed by atoms with Crippen molar-refractivity contribution >= 4 is 11.5 Å². The molecule has 3 aromatic rings. The summed E-state index contributed by atoms with van der Waals surface area (Å²) in [5.41, 5.74) is 2.69. The van der Waals surface area contributed by atoms with Crippen LogP contribution in [0.1, 0.15) is 40.3 Å². The molecule has 0 N–H and O–H groups in total. The van der Waals surface area contributed by atoms with Gasteiger partial charge in [-0.1, -0.05) is 24.3 Å². The number of pyridine rings is 2. The minimum Gasteiger partial charge on any atom is -0.293 e. The van der Waals surface area contributed by atoms with E-state index in [2.05, 4.69) is 9.97 Å². The zero-order valence-corrected chi connectivity index (χ0v) is 14.2. The summed E-state index contributed by atoms with van der Waals surface area (Å²) < 4.78 is 0. The van der Waals surface area contributed by atoms with E-state index >= 15 is 0 Å². The lowest BCUT2D eigenvalue weighted by Gasteiger charge is -2.17. The number of nitro groups is 1. The molecule has 0 saturated heterocycles. The Bertz CT molecular complexity index is 884. The average molecular weight is 347 g/mol. The molecule has 1 unspecified atom stereocenters. The maximum absolute atomic E-state index is 11.7. The van der Waals surface area contributed by atoms with Crippen LogP contribution in [0.3, 0.4) is 0 Å². The Balaban J connectivity index is 2.07. The van der Waals surface area contributed by atoms with Gasteiger partial charge < -0.3 is 0 Å². The third kappa shape index (κ3) is 3.97. The number of hydrogen-bond acceptors (Lipinski definition) is 5. The van der Waals surface area contributed by atoms with Gasteiger partial charge in [0.25, 0.3) is 5.69 Å². The predicted octanol–water partition coefficient (Wildman–Crippen LogP) is 3.96. The lowest BCUT2D eigenvalue weighted by Crippen LogP contribution is -2.10. The Kier molecular flexibility index (Phi) is 5.12. The van der Waals surface area contributed by atoms with Crippen LogP contribution in [0.5, 0.6) is 0 Å². The molecule has 0 aliphatic rings. The normalized spacial score (nSPS) is 11.7. The fourth-order valence-electron chi connectivity index (χ4n) is 2.82. The quantitative estimate of drug-likeness (QED) is 0.383. The number of non-ortho nitro benzene ring substituents is 1. The van der Waals surface area contributed by atoms with Crippen LogP contribution in [0, 0.1) is 10.1 Å². The summed E-state index contributed by atoms with van der Waals surface area (Å²) in [6.07, 6.45) is 2.23. The molecule has 130 valence electrons. The van der Waals surface area contributed by atoms with Gasteiger partial charge in [-0.2, -0.15) is 0 Å². The number of carbonyl (C=O) groups is 1. The maximum atomic E-state index is 11.7. The van der Waals surface area contributed by atoms with Crippen molar-refractivity contribution in [2.45, 2.75) is 19.3 Å². The van der Waals surface area contributed by atoms with Crippen molar-refractivity contribution < 1.29 is 9.72 Å². The zero-order chi connectivity index (χ0) is 18.5. The SMILES string of the molecule is CC(=O)c1cccc(C(Cc2ccccn2)c2cccc([N+](=O)[O-])c2)n1. The fourth-order valence-corrected chi connectivity index (χ4v) is 2.82. The van der Waals surface area contributed by atoms with Crippen LogP contribution in [0.4, 0.5) is 5.69 Å². The molecule has 0 bridgehead atoms.